The van der Waals surface area contributed by atoms with Gasteiger partial charge in [0, 0.05) is 24.9 Å². The molecular weight excluding hydrogens is 202 g/mol. The summed E-state index contributed by atoms with van der Waals surface area (Å²) in [6.45, 7) is 4.60. The minimum absolute atomic E-state index is 0.747. The normalized spacial score (nSPS) is 10.1. The van der Waals surface area contributed by atoms with E-state index in [0.29, 0.717) is 0 Å². The molecule has 0 saturated carbocycles. The Morgan fingerprint density at radius 2 is 2.12 bits per heavy atom. The average molecular weight is 223 g/mol. The predicted octanol–water partition coefficient (Wildman–Crippen LogP) is 2.92. The molecule has 3 heteroatoms. The number of benzene rings is 1. The molecule has 0 spiro atoms. The molecule has 1 rings (SSSR count). The largest absolute Gasteiger partial charge is 0.497 e. The molecule has 0 aliphatic heterocycles. The van der Waals surface area contributed by atoms with Crippen LogP contribution in [0, 0.1) is 0 Å². The maximum Gasteiger partial charge on any atom is 0.120 e. The van der Waals surface area contributed by atoms with Crippen molar-refractivity contribution >= 4 is 5.69 Å². The van der Waals surface area contributed by atoms with Gasteiger partial charge in [-0.05, 0) is 18.6 Å². The van der Waals surface area contributed by atoms with Crippen LogP contribution in [0.25, 0.3) is 0 Å². The van der Waals surface area contributed by atoms with E-state index in [4.69, 9.17) is 9.47 Å². The van der Waals surface area contributed by atoms with Gasteiger partial charge in [-0.3, -0.25) is 0 Å². The number of ether oxygens (including phenoxy) is 2. The number of nitrogens with one attached hydrogen (secondary N) is 1. The summed E-state index contributed by atoms with van der Waals surface area (Å²) in [5.41, 5.74) is 1.07. The average Bonchev–Trinajstić information content (AvgIpc) is 2.34. The van der Waals surface area contributed by atoms with Gasteiger partial charge in [-0.15, -0.1) is 0 Å². The van der Waals surface area contributed by atoms with E-state index in [1.165, 1.54) is 6.42 Å². The lowest BCUT2D eigenvalue weighted by molar-refractivity contribution is 0.141. The van der Waals surface area contributed by atoms with E-state index >= 15 is 0 Å². The van der Waals surface area contributed by atoms with Crippen molar-refractivity contribution in [2.75, 3.05) is 32.2 Å². The SMILES string of the molecule is CCCCOCCNc1cccc(OC)c1. The zero-order valence-corrected chi connectivity index (χ0v) is 10.2. The predicted molar refractivity (Wildman–Crippen MR) is 67.2 cm³/mol. The molecule has 0 fully saturated rings. The van der Waals surface area contributed by atoms with E-state index in [1.807, 2.05) is 24.3 Å². The van der Waals surface area contributed by atoms with Gasteiger partial charge in [0.1, 0.15) is 5.75 Å². The van der Waals surface area contributed by atoms with Crippen LogP contribution in [0.2, 0.25) is 0 Å². The molecule has 90 valence electrons. The Labute approximate surface area is 97.8 Å². The summed E-state index contributed by atoms with van der Waals surface area (Å²) in [4.78, 5) is 0. The van der Waals surface area contributed by atoms with E-state index in [2.05, 4.69) is 12.2 Å². The summed E-state index contributed by atoms with van der Waals surface area (Å²) >= 11 is 0. The molecule has 3 nitrogen and oxygen atoms in total. The number of anilines is 1. The molecular formula is C13H21NO2. The van der Waals surface area contributed by atoms with Crippen LogP contribution in [0.3, 0.4) is 0 Å². The van der Waals surface area contributed by atoms with E-state index in [0.717, 1.165) is 37.6 Å². The van der Waals surface area contributed by atoms with Crippen molar-refractivity contribution in [2.24, 2.45) is 0 Å². The van der Waals surface area contributed by atoms with Crippen LogP contribution in [-0.2, 0) is 4.74 Å². The second kappa shape index (κ2) is 7.99. The highest BCUT2D eigenvalue weighted by Gasteiger charge is 1.94. The maximum absolute atomic E-state index is 5.46. The lowest BCUT2D eigenvalue weighted by Gasteiger charge is -2.08. The van der Waals surface area contributed by atoms with Crippen molar-refractivity contribution in [1.82, 2.24) is 0 Å². The summed E-state index contributed by atoms with van der Waals surface area (Å²) in [6.07, 6.45) is 2.32. The smallest absolute Gasteiger partial charge is 0.120 e. The summed E-state index contributed by atoms with van der Waals surface area (Å²) in [5.74, 6) is 0.872. The highest BCUT2D eigenvalue weighted by atomic mass is 16.5. The van der Waals surface area contributed by atoms with Gasteiger partial charge in [-0.25, -0.2) is 0 Å². The van der Waals surface area contributed by atoms with Gasteiger partial charge in [-0.1, -0.05) is 19.4 Å². The number of unbranched alkanes of at least 4 members (excludes halogenated alkanes) is 1. The zero-order chi connectivity index (χ0) is 11.6. The van der Waals surface area contributed by atoms with Crippen molar-refractivity contribution in [3.8, 4) is 5.75 Å². The molecule has 0 aliphatic carbocycles. The number of methoxy groups -OCH3 is 1. The molecule has 0 radical (unpaired) electrons. The topological polar surface area (TPSA) is 30.5 Å². The first-order valence-corrected chi connectivity index (χ1v) is 5.82. The first-order chi connectivity index (χ1) is 7.86. The molecule has 1 N–H and O–H groups in total. The summed E-state index contributed by atoms with van der Waals surface area (Å²) in [5, 5.41) is 3.29. The molecule has 0 bridgehead atoms. The molecule has 0 atom stereocenters. The standard InChI is InChI=1S/C13H21NO2/c1-3-4-9-16-10-8-14-12-6-5-7-13(11-12)15-2/h5-7,11,14H,3-4,8-10H2,1-2H3. The molecule has 0 amide bonds. The van der Waals surface area contributed by atoms with Crippen LogP contribution in [0.4, 0.5) is 5.69 Å². The third-order valence-corrected chi connectivity index (χ3v) is 2.29. The van der Waals surface area contributed by atoms with Gasteiger partial charge < -0.3 is 14.8 Å². The maximum atomic E-state index is 5.46. The summed E-state index contributed by atoms with van der Waals surface area (Å²) in [6, 6.07) is 7.91. The van der Waals surface area contributed by atoms with Gasteiger partial charge in [0.25, 0.3) is 0 Å². The third kappa shape index (κ3) is 5.03. The minimum atomic E-state index is 0.747. The van der Waals surface area contributed by atoms with Crippen LogP contribution in [0.15, 0.2) is 24.3 Å². The second-order valence-electron chi connectivity index (χ2n) is 3.62. The monoisotopic (exact) mass is 223 g/mol. The van der Waals surface area contributed by atoms with E-state index < -0.39 is 0 Å². The Morgan fingerprint density at radius 1 is 1.25 bits per heavy atom. The van der Waals surface area contributed by atoms with Crippen molar-refractivity contribution in [2.45, 2.75) is 19.8 Å². The Balaban J connectivity index is 2.16. The quantitative estimate of drug-likeness (QED) is 0.687. The van der Waals surface area contributed by atoms with E-state index in [9.17, 15) is 0 Å². The van der Waals surface area contributed by atoms with E-state index in [-0.39, 0.29) is 0 Å². The first-order valence-electron chi connectivity index (χ1n) is 5.82. The van der Waals surface area contributed by atoms with Crippen LogP contribution < -0.4 is 10.1 Å². The molecule has 16 heavy (non-hydrogen) atoms. The number of hydrogen-bond acceptors (Lipinski definition) is 3. The second-order valence-corrected chi connectivity index (χ2v) is 3.62. The number of hydrogen-bond donors (Lipinski definition) is 1. The molecule has 0 aromatic heterocycles. The molecule has 0 heterocycles. The zero-order valence-electron chi connectivity index (χ0n) is 10.2. The molecule has 0 saturated heterocycles. The fourth-order valence-electron chi connectivity index (χ4n) is 1.35. The molecule has 0 aliphatic rings. The highest BCUT2D eigenvalue weighted by Crippen LogP contribution is 2.16. The molecule has 1 aromatic carbocycles. The van der Waals surface area contributed by atoms with Gasteiger partial charge in [0.15, 0.2) is 0 Å². The molecule has 0 unspecified atom stereocenters. The van der Waals surface area contributed by atoms with Gasteiger partial charge in [-0.2, -0.15) is 0 Å². The van der Waals surface area contributed by atoms with Gasteiger partial charge in [0.2, 0.25) is 0 Å². The minimum Gasteiger partial charge on any atom is -0.497 e. The fraction of sp³-hybridized carbons (Fsp3) is 0.538. The lowest BCUT2D eigenvalue weighted by atomic mass is 10.3. The van der Waals surface area contributed by atoms with Crippen LogP contribution >= 0.6 is 0 Å². The van der Waals surface area contributed by atoms with Crippen LogP contribution in [-0.4, -0.2) is 26.9 Å². The Kier molecular flexibility index (Phi) is 6.42. The lowest BCUT2D eigenvalue weighted by Crippen LogP contribution is -2.09. The van der Waals surface area contributed by atoms with Crippen LogP contribution in [0.1, 0.15) is 19.8 Å². The summed E-state index contributed by atoms with van der Waals surface area (Å²) < 4.78 is 10.6. The van der Waals surface area contributed by atoms with Crippen molar-refractivity contribution in [3.05, 3.63) is 24.3 Å². The first kappa shape index (κ1) is 12.8. The Bertz CT molecular complexity index is 289. The van der Waals surface area contributed by atoms with Crippen molar-refractivity contribution in [3.63, 3.8) is 0 Å². The third-order valence-electron chi connectivity index (χ3n) is 2.29. The fourth-order valence-corrected chi connectivity index (χ4v) is 1.35. The Hall–Kier alpha value is -1.22. The molecule has 1 aromatic rings. The Morgan fingerprint density at radius 3 is 2.88 bits per heavy atom. The number of rotatable bonds is 8. The van der Waals surface area contributed by atoms with E-state index in [1.54, 1.807) is 7.11 Å². The van der Waals surface area contributed by atoms with Gasteiger partial charge >= 0.3 is 0 Å². The van der Waals surface area contributed by atoms with Gasteiger partial charge in [0.05, 0.1) is 13.7 Å². The highest BCUT2D eigenvalue weighted by molar-refractivity contribution is 5.47. The van der Waals surface area contributed by atoms with Crippen LogP contribution in [0.5, 0.6) is 5.75 Å². The van der Waals surface area contributed by atoms with Crippen molar-refractivity contribution in [1.29, 1.82) is 0 Å². The summed E-state index contributed by atoms with van der Waals surface area (Å²) in [7, 11) is 1.67. The van der Waals surface area contributed by atoms with Crippen molar-refractivity contribution < 1.29 is 9.47 Å².